The molecule has 4 heteroatoms. The van der Waals surface area contributed by atoms with Crippen LogP contribution < -0.4 is 4.90 Å². The van der Waals surface area contributed by atoms with E-state index in [1.165, 1.54) is 12.7 Å². The van der Waals surface area contributed by atoms with Crippen LogP contribution >= 0.6 is 15.9 Å². The molecule has 0 aromatic heterocycles. The molecule has 1 unspecified atom stereocenters. The Labute approximate surface area is 97.2 Å². The van der Waals surface area contributed by atoms with E-state index in [1.807, 2.05) is 30.0 Å². The lowest BCUT2D eigenvalue weighted by Crippen LogP contribution is -2.14. The Bertz CT molecular complexity index is 406. The summed E-state index contributed by atoms with van der Waals surface area (Å²) in [4.78, 5) is 13.3. The van der Waals surface area contributed by atoms with Gasteiger partial charge in [-0.15, -0.1) is 0 Å². The number of hydrogen-bond acceptors (Lipinski definition) is 3. The lowest BCUT2D eigenvalue weighted by atomic mass is 10.2. The minimum absolute atomic E-state index is 0.103. The summed E-state index contributed by atoms with van der Waals surface area (Å²) in [5, 5.41) is 0. The lowest BCUT2D eigenvalue weighted by molar-refractivity contribution is -0.139. The van der Waals surface area contributed by atoms with Crippen LogP contribution in [0.5, 0.6) is 0 Å². The van der Waals surface area contributed by atoms with Crippen LogP contribution in [0, 0.1) is 6.92 Å². The quantitative estimate of drug-likeness (QED) is 0.609. The molecular formula is C11H12BrNO2. The Morgan fingerprint density at radius 1 is 1.60 bits per heavy atom. The van der Waals surface area contributed by atoms with Gasteiger partial charge in [0.25, 0.3) is 0 Å². The third kappa shape index (κ3) is 2.00. The van der Waals surface area contributed by atoms with E-state index in [1.54, 1.807) is 0 Å². The summed E-state index contributed by atoms with van der Waals surface area (Å²) in [5.41, 5.74) is 2.25. The summed E-state index contributed by atoms with van der Waals surface area (Å²) < 4.78 is 5.72. The molecule has 1 saturated heterocycles. The number of halogens is 1. The number of carbonyl (C=O) groups is 1. The lowest BCUT2D eigenvalue weighted by Gasteiger charge is -2.08. The predicted molar refractivity (Wildman–Crippen MR) is 62.0 cm³/mol. The molecule has 0 aliphatic carbocycles. The highest BCUT2D eigenvalue weighted by Crippen LogP contribution is 2.35. The van der Waals surface area contributed by atoms with Crippen molar-refractivity contribution in [2.24, 2.45) is 0 Å². The zero-order valence-corrected chi connectivity index (χ0v) is 10.2. The van der Waals surface area contributed by atoms with E-state index in [9.17, 15) is 4.79 Å². The number of nitrogens with zero attached hydrogens (tertiary/aromatic N) is 1. The van der Waals surface area contributed by atoms with Crippen LogP contribution in [0.4, 0.5) is 5.69 Å². The molecule has 0 saturated carbocycles. The summed E-state index contributed by atoms with van der Waals surface area (Å²) >= 11 is 3.49. The standard InChI is InChI=1S/C11H12BrNO2/c1-7-3-4-9(8(12)5-7)13-6-10(13)11(14)15-2/h3-5,10H,6H2,1-2H3. The van der Waals surface area contributed by atoms with Gasteiger partial charge in [0, 0.05) is 4.47 Å². The first-order valence-electron chi connectivity index (χ1n) is 4.74. The molecule has 0 bridgehead atoms. The van der Waals surface area contributed by atoms with E-state index in [-0.39, 0.29) is 12.0 Å². The van der Waals surface area contributed by atoms with E-state index < -0.39 is 0 Å². The molecule has 1 aromatic rings. The van der Waals surface area contributed by atoms with Crippen molar-refractivity contribution < 1.29 is 9.53 Å². The average molecular weight is 270 g/mol. The summed E-state index contributed by atoms with van der Waals surface area (Å²) in [6.07, 6.45) is 0. The van der Waals surface area contributed by atoms with Gasteiger partial charge in [-0.3, -0.25) is 0 Å². The van der Waals surface area contributed by atoms with Crippen LogP contribution in [0.25, 0.3) is 0 Å². The van der Waals surface area contributed by atoms with Gasteiger partial charge < -0.3 is 9.64 Å². The normalized spacial score (nSPS) is 18.9. The number of rotatable bonds is 2. The average Bonchev–Trinajstić information content (AvgIpc) is 2.96. The van der Waals surface area contributed by atoms with E-state index in [0.29, 0.717) is 0 Å². The first-order chi connectivity index (χ1) is 7.13. The summed E-state index contributed by atoms with van der Waals surface area (Å²) in [6, 6.07) is 5.99. The molecule has 0 N–H and O–H groups in total. The number of ether oxygens (including phenoxy) is 1. The van der Waals surface area contributed by atoms with Gasteiger partial charge in [-0.25, -0.2) is 4.79 Å². The Morgan fingerprint density at radius 2 is 2.33 bits per heavy atom. The second-order valence-corrected chi connectivity index (χ2v) is 4.50. The minimum atomic E-state index is -0.164. The number of benzene rings is 1. The van der Waals surface area contributed by atoms with E-state index >= 15 is 0 Å². The molecule has 1 atom stereocenters. The van der Waals surface area contributed by atoms with Crippen LogP contribution in [0.2, 0.25) is 0 Å². The molecule has 0 radical (unpaired) electrons. The molecule has 80 valence electrons. The fourth-order valence-electron chi connectivity index (χ4n) is 1.59. The number of methoxy groups -OCH3 is 1. The Hall–Kier alpha value is -1.03. The zero-order valence-electron chi connectivity index (χ0n) is 8.66. The van der Waals surface area contributed by atoms with Gasteiger partial charge >= 0.3 is 5.97 Å². The molecular weight excluding hydrogens is 258 g/mol. The molecule has 1 heterocycles. The number of hydrogen-bond donors (Lipinski definition) is 0. The van der Waals surface area contributed by atoms with Crippen LogP contribution in [0.3, 0.4) is 0 Å². The molecule has 1 aliphatic rings. The third-order valence-corrected chi connectivity index (χ3v) is 3.13. The van der Waals surface area contributed by atoms with Gasteiger partial charge in [0.15, 0.2) is 0 Å². The van der Waals surface area contributed by atoms with Crippen LogP contribution in [0.1, 0.15) is 5.56 Å². The molecule has 2 rings (SSSR count). The zero-order chi connectivity index (χ0) is 11.0. The highest BCUT2D eigenvalue weighted by atomic mass is 79.9. The fraction of sp³-hybridized carbons (Fsp3) is 0.364. The van der Waals surface area contributed by atoms with Crippen molar-refractivity contribution in [3.05, 3.63) is 28.2 Å². The molecule has 0 amide bonds. The second-order valence-electron chi connectivity index (χ2n) is 3.65. The maximum Gasteiger partial charge on any atom is 0.330 e. The molecule has 0 spiro atoms. The van der Waals surface area contributed by atoms with Gasteiger partial charge in [-0.05, 0) is 40.5 Å². The number of carbonyl (C=O) groups excluding carboxylic acids is 1. The first-order valence-corrected chi connectivity index (χ1v) is 5.53. The first kappa shape index (κ1) is 10.5. The maximum atomic E-state index is 11.3. The summed E-state index contributed by atoms with van der Waals surface area (Å²) in [6.45, 7) is 2.78. The Kier molecular flexibility index (Phi) is 2.69. The number of esters is 1. The molecule has 1 aromatic carbocycles. The monoisotopic (exact) mass is 269 g/mol. The van der Waals surface area contributed by atoms with Gasteiger partial charge in [-0.2, -0.15) is 0 Å². The summed E-state index contributed by atoms with van der Waals surface area (Å²) in [5.74, 6) is -0.164. The van der Waals surface area contributed by atoms with Gasteiger partial charge in [0.1, 0.15) is 6.04 Å². The predicted octanol–water partition coefficient (Wildman–Crippen LogP) is 2.12. The van der Waals surface area contributed by atoms with Crippen molar-refractivity contribution in [2.75, 3.05) is 18.6 Å². The third-order valence-electron chi connectivity index (χ3n) is 2.50. The Morgan fingerprint density at radius 3 is 2.93 bits per heavy atom. The molecule has 1 aliphatic heterocycles. The van der Waals surface area contributed by atoms with Crippen LogP contribution in [0.15, 0.2) is 22.7 Å². The van der Waals surface area contributed by atoms with Crippen molar-refractivity contribution in [3.8, 4) is 0 Å². The van der Waals surface area contributed by atoms with Crippen molar-refractivity contribution >= 4 is 27.6 Å². The van der Waals surface area contributed by atoms with E-state index in [2.05, 4.69) is 15.9 Å². The Balaban J connectivity index is 2.16. The van der Waals surface area contributed by atoms with Crippen molar-refractivity contribution in [1.82, 2.24) is 0 Å². The van der Waals surface area contributed by atoms with Crippen molar-refractivity contribution in [1.29, 1.82) is 0 Å². The van der Waals surface area contributed by atoms with E-state index in [0.717, 1.165) is 16.7 Å². The highest BCUT2D eigenvalue weighted by Gasteiger charge is 2.42. The topological polar surface area (TPSA) is 29.3 Å². The molecule has 3 nitrogen and oxygen atoms in total. The van der Waals surface area contributed by atoms with Crippen LogP contribution in [-0.4, -0.2) is 25.7 Å². The second kappa shape index (κ2) is 3.85. The van der Waals surface area contributed by atoms with Gasteiger partial charge in [-0.1, -0.05) is 6.07 Å². The largest absolute Gasteiger partial charge is 0.467 e. The van der Waals surface area contributed by atoms with E-state index in [4.69, 9.17) is 4.74 Å². The smallest absolute Gasteiger partial charge is 0.330 e. The number of anilines is 1. The van der Waals surface area contributed by atoms with Gasteiger partial charge in [0.2, 0.25) is 0 Å². The summed E-state index contributed by atoms with van der Waals surface area (Å²) in [7, 11) is 1.42. The van der Waals surface area contributed by atoms with Crippen LogP contribution in [-0.2, 0) is 9.53 Å². The number of aryl methyl sites for hydroxylation is 1. The van der Waals surface area contributed by atoms with Crippen molar-refractivity contribution in [3.63, 3.8) is 0 Å². The van der Waals surface area contributed by atoms with Gasteiger partial charge in [0.05, 0.1) is 19.3 Å². The maximum absolute atomic E-state index is 11.3. The SMILES string of the molecule is COC(=O)C1CN1c1ccc(C)cc1Br. The fourth-order valence-corrected chi connectivity index (χ4v) is 2.31. The van der Waals surface area contributed by atoms with Crippen molar-refractivity contribution in [2.45, 2.75) is 13.0 Å². The highest BCUT2D eigenvalue weighted by molar-refractivity contribution is 9.10. The minimum Gasteiger partial charge on any atom is -0.467 e. The molecule has 15 heavy (non-hydrogen) atoms. The molecule has 1 fully saturated rings.